The second-order valence-corrected chi connectivity index (χ2v) is 8.42. The molecule has 2 unspecified atom stereocenters. The Kier molecular flexibility index (Phi) is 7.23. The minimum Gasteiger partial charge on any atom is -0.350 e. The molecule has 2 aromatic rings. The lowest BCUT2D eigenvalue weighted by Gasteiger charge is -2.33. The molecule has 3 rings (SSSR count). The fourth-order valence-electron chi connectivity index (χ4n) is 3.57. The third-order valence-corrected chi connectivity index (χ3v) is 6.24. The van der Waals surface area contributed by atoms with Gasteiger partial charge in [0.2, 0.25) is 5.91 Å². The van der Waals surface area contributed by atoms with Crippen LogP contribution < -0.4 is 10.6 Å². The molecule has 1 saturated heterocycles. The van der Waals surface area contributed by atoms with Crippen molar-refractivity contribution in [2.24, 2.45) is 0 Å². The Bertz CT molecular complexity index is 791. The smallest absolute Gasteiger partial charge is 0.261 e. The average Bonchev–Trinajstić information content (AvgIpc) is 3.23. The summed E-state index contributed by atoms with van der Waals surface area (Å²) in [5.74, 6) is -0.386. The minimum absolute atomic E-state index is 0.175. The van der Waals surface area contributed by atoms with Gasteiger partial charge in [-0.25, -0.2) is 0 Å². The van der Waals surface area contributed by atoms with E-state index in [1.807, 2.05) is 17.5 Å². The highest BCUT2D eigenvalue weighted by Crippen LogP contribution is 2.20. The quantitative estimate of drug-likeness (QED) is 0.748. The van der Waals surface area contributed by atoms with E-state index in [0.717, 1.165) is 18.7 Å². The fraction of sp³-hybridized carbons (Fsp3) is 0.455. The van der Waals surface area contributed by atoms with Crippen LogP contribution in [0.1, 0.15) is 53.9 Å². The summed E-state index contributed by atoms with van der Waals surface area (Å²) < 4.78 is 0. The second-order valence-electron chi connectivity index (χ2n) is 7.47. The zero-order valence-corrected chi connectivity index (χ0v) is 17.4. The summed E-state index contributed by atoms with van der Waals surface area (Å²) in [4.78, 5) is 27.7. The van der Waals surface area contributed by atoms with Gasteiger partial charge < -0.3 is 10.6 Å². The van der Waals surface area contributed by atoms with Gasteiger partial charge in [-0.1, -0.05) is 36.8 Å². The van der Waals surface area contributed by atoms with E-state index < -0.39 is 6.04 Å². The van der Waals surface area contributed by atoms with Crippen LogP contribution in [0.25, 0.3) is 0 Å². The van der Waals surface area contributed by atoms with Crippen molar-refractivity contribution >= 4 is 23.2 Å². The van der Waals surface area contributed by atoms with Crippen LogP contribution in [0.4, 0.5) is 0 Å². The SMILES string of the molecule is CC(NC(=O)c1cccs1)C(=O)NCc1ccccc1CN1CCCCC1C. The maximum atomic E-state index is 12.4. The molecule has 1 aliphatic rings. The number of rotatable bonds is 7. The number of nitrogens with one attached hydrogen (secondary N) is 2. The summed E-state index contributed by atoms with van der Waals surface area (Å²) in [6, 6.07) is 11.9. The summed E-state index contributed by atoms with van der Waals surface area (Å²) in [5, 5.41) is 7.57. The van der Waals surface area contributed by atoms with Crippen LogP contribution in [0.3, 0.4) is 0 Å². The van der Waals surface area contributed by atoms with E-state index in [2.05, 4.69) is 40.7 Å². The lowest BCUT2D eigenvalue weighted by atomic mass is 10.0. The van der Waals surface area contributed by atoms with Crippen molar-refractivity contribution in [1.29, 1.82) is 0 Å². The molecule has 28 heavy (non-hydrogen) atoms. The third kappa shape index (κ3) is 5.42. The largest absolute Gasteiger partial charge is 0.350 e. The molecule has 1 fully saturated rings. The monoisotopic (exact) mass is 399 g/mol. The van der Waals surface area contributed by atoms with Gasteiger partial charge in [0.1, 0.15) is 6.04 Å². The molecular weight excluding hydrogens is 370 g/mol. The van der Waals surface area contributed by atoms with Crippen molar-refractivity contribution in [2.75, 3.05) is 6.54 Å². The maximum absolute atomic E-state index is 12.4. The predicted molar refractivity (Wildman–Crippen MR) is 113 cm³/mol. The number of amides is 2. The number of thiophene rings is 1. The maximum Gasteiger partial charge on any atom is 0.261 e. The average molecular weight is 400 g/mol. The minimum atomic E-state index is -0.580. The summed E-state index contributed by atoms with van der Waals surface area (Å²) >= 11 is 1.37. The van der Waals surface area contributed by atoms with Gasteiger partial charge in [-0.05, 0) is 55.8 Å². The lowest BCUT2D eigenvalue weighted by Crippen LogP contribution is -2.44. The number of nitrogens with zero attached hydrogens (tertiary/aromatic N) is 1. The van der Waals surface area contributed by atoms with E-state index in [-0.39, 0.29) is 11.8 Å². The first-order chi connectivity index (χ1) is 13.5. The third-order valence-electron chi connectivity index (χ3n) is 5.37. The van der Waals surface area contributed by atoms with Gasteiger partial charge in [0, 0.05) is 19.1 Å². The van der Waals surface area contributed by atoms with Crippen molar-refractivity contribution < 1.29 is 9.59 Å². The van der Waals surface area contributed by atoms with E-state index in [1.54, 1.807) is 13.0 Å². The van der Waals surface area contributed by atoms with Gasteiger partial charge in [0.15, 0.2) is 0 Å². The summed E-state index contributed by atoms with van der Waals surface area (Å²) in [6.45, 7) is 6.52. The molecule has 0 spiro atoms. The van der Waals surface area contributed by atoms with E-state index >= 15 is 0 Å². The number of carbonyl (C=O) groups excluding carboxylic acids is 2. The number of hydrogen-bond donors (Lipinski definition) is 2. The van der Waals surface area contributed by atoms with E-state index in [4.69, 9.17) is 0 Å². The number of carbonyl (C=O) groups is 2. The molecule has 1 aromatic heterocycles. The van der Waals surface area contributed by atoms with Gasteiger partial charge in [0.05, 0.1) is 4.88 Å². The van der Waals surface area contributed by atoms with E-state index in [1.165, 1.54) is 36.2 Å². The molecule has 0 radical (unpaired) electrons. The fourth-order valence-corrected chi connectivity index (χ4v) is 4.20. The van der Waals surface area contributed by atoms with Crippen LogP contribution in [0.5, 0.6) is 0 Å². The normalized spacial score (nSPS) is 18.4. The van der Waals surface area contributed by atoms with Gasteiger partial charge in [-0.3, -0.25) is 14.5 Å². The van der Waals surface area contributed by atoms with Gasteiger partial charge in [-0.2, -0.15) is 0 Å². The Labute approximate surface area is 171 Å². The molecule has 2 amide bonds. The predicted octanol–water partition coefficient (Wildman–Crippen LogP) is 3.56. The number of piperidine rings is 1. The molecule has 1 aromatic carbocycles. The molecular formula is C22H29N3O2S. The van der Waals surface area contributed by atoms with E-state index in [9.17, 15) is 9.59 Å². The Morgan fingerprint density at radius 2 is 1.96 bits per heavy atom. The Hall–Kier alpha value is -2.18. The van der Waals surface area contributed by atoms with Crippen LogP contribution in [0, 0.1) is 0 Å². The molecule has 0 bridgehead atoms. The Balaban J connectivity index is 1.55. The first-order valence-electron chi connectivity index (χ1n) is 9.97. The molecule has 0 aliphatic carbocycles. The molecule has 6 heteroatoms. The van der Waals surface area contributed by atoms with Crippen LogP contribution >= 0.6 is 11.3 Å². The zero-order chi connectivity index (χ0) is 19.9. The van der Waals surface area contributed by atoms with E-state index in [0.29, 0.717) is 17.5 Å². The highest BCUT2D eigenvalue weighted by atomic mass is 32.1. The van der Waals surface area contributed by atoms with Crippen LogP contribution in [-0.2, 0) is 17.9 Å². The molecule has 2 N–H and O–H groups in total. The van der Waals surface area contributed by atoms with Crippen molar-refractivity contribution in [2.45, 2.75) is 58.3 Å². The Morgan fingerprint density at radius 3 is 2.68 bits per heavy atom. The van der Waals surface area contributed by atoms with Gasteiger partial charge in [0.25, 0.3) is 5.91 Å². The first kappa shape index (κ1) is 20.6. The number of likely N-dealkylation sites (tertiary alicyclic amines) is 1. The standard InChI is InChI=1S/C22H29N3O2S/c1-16-8-5-6-12-25(16)15-19-10-4-3-9-18(19)14-23-21(26)17(2)24-22(27)20-11-7-13-28-20/h3-4,7,9-11,13,16-17H,5-6,8,12,14-15H2,1-2H3,(H,23,26)(H,24,27). The zero-order valence-electron chi connectivity index (χ0n) is 16.6. The molecule has 0 saturated carbocycles. The first-order valence-corrected chi connectivity index (χ1v) is 10.9. The van der Waals surface area contributed by atoms with Crippen molar-refractivity contribution in [3.8, 4) is 0 Å². The van der Waals surface area contributed by atoms with Crippen molar-refractivity contribution in [1.82, 2.24) is 15.5 Å². The molecule has 5 nitrogen and oxygen atoms in total. The second kappa shape index (κ2) is 9.85. The summed E-state index contributed by atoms with van der Waals surface area (Å²) in [5.41, 5.74) is 2.39. The highest BCUT2D eigenvalue weighted by molar-refractivity contribution is 7.12. The van der Waals surface area contributed by atoms with Crippen molar-refractivity contribution in [3.05, 3.63) is 57.8 Å². The molecule has 1 aliphatic heterocycles. The molecule has 2 atom stereocenters. The highest BCUT2D eigenvalue weighted by Gasteiger charge is 2.20. The topological polar surface area (TPSA) is 61.4 Å². The van der Waals surface area contributed by atoms with Crippen LogP contribution in [0.2, 0.25) is 0 Å². The molecule has 150 valence electrons. The number of hydrogen-bond acceptors (Lipinski definition) is 4. The summed E-state index contributed by atoms with van der Waals surface area (Å²) in [6.07, 6.45) is 3.81. The lowest BCUT2D eigenvalue weighted by molar-refractivity contribution is -0.122. The molecule has 2 heterocycles. The van der Waals surface area contributed by atoms with Crippen LogP contribution in [0.15, 0.2) is 41.8 Å². The van der Waals surface area contributed by atoms with Crippen molar-refractivity contribution in [3.63, 3.8) is 0 Å². The van der Waals surface area contributed by atoms with Gasteiger partial charge >= 0.3 is 0 Å². The van der Waals surface area contributed by atoms with Gasteiger partial charge in [-0.15, -0.1) is 11.3 Å². The Morgan fingerprint density at radius 1 is 1.18 bits per heavy atom. The summed E-state index contributed by atoms with van der Waals surface area (Å²) in [7, 11) is 0. The number of benzene rings is 1. The van der Waals surface area contributed by atoms with Crippen LogP contribution in [-0.4, -0.2) is 35.3 Å².